The largest absolute Gasteiger partial charge is 0.509 e. The summed E-state index contributed by atoms with van der Waals surface area (Å²) >= 11 is 0. The first-order valence-corrected chi connectivity index (χ1v) is 17.3. The highest BCUT2D eigenvalue weighted by molar-refractivity contribution is 6.34. The maximum atomic E-state index is 14.0. The van der Waals surface area contributed by atoms with Gasteiger partial charge in [0.2, 0.25) is 0 Å². The number of anilines is 1. The summed E-state index contributed by atoms with van der Waals surface area (Å²) in [5.74, 6) is 0.0135. The predicted molar refractivity (Wildman–Crippen MR) is 184 cm³/mol. The molecule has 0 spiro atoms. The minimum absolute atomic E-state index is 0.0190. The minimum atomic E-state index is -0.969. The van der Waals surface area contributed by atoms with E-state index in [0.717, 1.165) is 62.0 Å². The topological polar surface area (TPSA) is 132 Å². The second kappa shape index (κ2) is 14.2. The minimum Gasteiger partial charge on any atom is -0.509 e. The van der Waals surface area contributed by atoms with Crippen molar-refractivity contribution in [2.45, 2.75) is 82.0 Å². The summed E-state index contributed by atoms with van der Waals surface area (Å²) in [6, 6.07) is 13.5. The standard InChI is InChI=1S/C35H49BN6O5/c1-35(37)13-20-39(21-14-35)26-9-15-40(16-10-26)32(44)31(23-24-6-7-30(43)28(36)22-24)47-34(46)41-17-11-27(12-18-41)42-19-8-25-4-2-3-5-29(25)38-33(42)45/h2-7,22,26-27,31,43H,8-21,23,36-37H2,1H3,(H,38,45)/t31-/m1/s1. The summed E-state index contributed by atoms with van der Waals surface area (Å²) in [6.07, 6.45) is 4.55. The Labute approximate surface area is 278 Å². The van der Waals surface area contributed by atoms with Gasteiger partial charge < -0.3 is 40.5 Å². The number of para-hydroxylation sites is 1. The number of nitrogens with one attached hydrogen (secondary N) is 1. The van der Waals surface area contributed by atoms with Crippen molar-refractivity contribution in [2.75, 3.05) is 51.1 Å². The molecule has 12 heteroatoms. The van der Waals surface area contributed by atoms with Crippen LogP contribution < -0.4 is 16.5 Å². The number of likely N-dealkylation sites (tertiary alicyclic amines) is 3. The van der Waals surface area contributed by atoms with Gasteiger partial charge in [0, 0.05) is 75.5 Å². The number of nitrogens with zero attached hydrogens (tertiary/aromatic N) is 4. The van der Waals surface area contributed by atoms with Crippen molar-refractivity contribution in [2.24, 2.45) is 5.73 Å². The molecule has 4 amide bonds. The number of nitrogens with two attached hydrogens (primary N) is 1. The summed E-state index contributed by atoms with van der Waals surface area (Å²) in [7, 11) is 1.81. The first-order valence-electron chi connectivity index (χ1n) is 17.3. The number of phenolic OH excluding ortho intramolecular Hbond substituents is 1. The molecular formula is C35H49BN6O5. The Kier molecular flexibility index (Phi) is 9.98. The molecule has 0 radical (unpaired) electrons. The van der Waals surface area contributed by atoms with Crippen LogP contribution in [-0.4, -0.2) is 120 Å². The number of rotatable bonds is 6. The van der Waals surface area contributed by atoms with Gasteiger partial charge in [-0.05, 0) is 80.6 Å². The summed E-state index contributed by atoms with van der Waals surface area (Å²) in [6.45, 7) is 6.86. The lowest BCUT2D eigenvalue weighted by atomic mass is 9.89. The first kappa shape index (κ1) is 33.1. The van der Waals surface area contributed by atoms with Crippen LogP contribution in [0.15, 0.2) is 42.5 Å². The van der Waals surface area contributed by atoms with E-state index in [1.165, 1.54) is 0 Å². The second-order valence-electron chi connectivity index (χ2n) is 14.2. The molecule has 252 valence electrons. The van der Waals surface area contributed by atoms with Crippen LogP contribution in [0.1, 0.15) is 56.6 Å². The van der Waals surface area contributed by atoms with Crippen molar-refractivity contribution in [1.29, 1.82) is 0 Å². The van der Waals surface area contributed by atoms with E-state index >= 15 is 0 Å². The number of urea groups is 1. The van der Waals surface area contributed by atoms with Gasteiger partial charge in [-0.25, -0.2) is 9.59 Å². The fourth-order valence-electron chi connectivity index (χ4n) is 7.59. The molecule has 11 nitrogen and oxygen atoms in total. The first-order chi connectivity index (χ1) is 22.6. The zero-order chi connectivity index (χ0) is 33.1. The molecule has 0 aliphatic carbocycles. The third kappa shape index (κ3) is 7.87. The maximum absolute atomic E-state index is 14.0. The van der Waals surface area contributed by atoms with E-state index in [2.05, 4.69) is 17.1 Å². The van der Waals surface area contributed by atoms with Crippen molar-refractivity contribution in [3.63, 3.8) is 0 Å². The lowest BCUT2D eigenvalue weighted by molar-refractivity contribution is -0.142. The second-order valence-corrected chi connectivity index (χ2v) is 14.2. The van der Waals surface area contributed by atoms with Gasteiger partial charge in [-0.15, -0.1) is 0 Å². The van der Waals surface area contributed by atoms with Crippen molar-refractivity contribution in [1.82, 2.24) is 19.6 Å². The van der Waals surface area contributed by atoms with Crippen LogP contribution in [0, 0.1) is 0 Å². The quantitative estimate of drug-likeness (QED) is 0.411. The molecule has 4 heterocycles. The molecule has 47 heavy (non-hydrogen) atoms. The summed E-state index contributed by atoms with van der Waals surface area (Å²) in [5, 5.41) is 13.1. The van der Waals surface area contributed by atoms with Crippen LogP contribution in [0.3, 0.4) is 0 Å². The molecule has 2 aromatic carbocycles. The average Bonchev–Trinajstić information content (AvgIpc) is 3.24. The lowest BCUT2D eigenvalue weighted by Gasteiger charge is -2.44. The fourth-order valence-corrected chi connectivity index (χ4v) is 7.59. The molecule has 0 bridgehead atoms. The number of piperidine rings is 3. The van der Waals surface area contributed by atoms with Gasteiger partial charge in [0.1, 0.15) is 13.6 Å². The van der Waals surface area contributed by atoms with E-state index < -0.39 is 12.2 Å². The van der Waals surface area contributed by atoms with Crippen molar-refractivity contribution in [3.05, 3.63) is 53.6 Å². The van der Waals surface area contributed by atoms with Gasteiger partial charge in [-0.3, -0.25) is 4.79 Å². The highest BCUT2D eigenvalue weighted by Gasteiger charge is 2.37. The van der Waals surface area contributed by atoms with Gasteiger partial charge in [-0.1, -0.05) is 30.3 Å². The highest BCUT2D eigenvalue weighted by Crippen LogP contribution is 2.27. The number of ether oxygens (including phenoxy) is 1. The molecule has 0 unspecified atom stereocenters. The van der Waals surface area contributed by atoms with Crippen LogP contribution in [0.2, 0.25) is 0 Å². The van der Waals surface area contributed by atoms with Gasteiger partial charge in [0.05, 0.1) is 0 Å². The number of aromatic hydroxyl groups is 1. The molecule has 0 saturated carbocycles. The summed E-state index contributed by atoms with van der Waals surface area (Å²) in [5.41, 5.74) is 9.77. The SMILES string of the molecule is Bc1cc(C[C@@H](OC(=O)N2CCC(N3CCc4ccccc4NC3=O)CC2)C(=O)N2CCC(N3CCC(C)(N)CC3)CC2)ccc1O. The zero-order valence-corrected chi connectivity index (χ0v) is 27.8. The Morgan fingerprint density at radius 2 is 1.64 bits per heavy atom. The number of hydrogen-bond donors (Lipinski definition) is 3. The number of carbonyl (C=O) groups excluding carboxylic acids is 3. The Morgan fingerprint density at radius 3 is 2.34 bits per heavy atom. The Morgan fingerprint density at radius 1 is 0.979 bits per heavy atom. The van der Waals surface area contributed by atoms with E-state index in [0.29, 0.717) is 57.1 Å². The van der Waals surface area contributed by atoms with Gasteiger partial charge in [0.25, 0.3) is 5.91 Å². The molecule has 4 N–H and O–H groups in total. The molecule has 3 saturated heterocycles. The molecule has 4 aliphatic heterocycles. The lowest BCUT2D eigenvalue weighted by Crippen LogP contribution is -2.55. The van der Waals surface area contributed by atoms with Crippen LogP contribution in [0.5, 0.6) is 5.75 Å². The Balaban J connectivity index is 1.06. The van der Waals surface area contributed by atoms with E-state index in [1.807, 2.05) is 48.0 Å². The number of hydrogen-bond acceptors (Lipinski definition) is 7. The molecule has 6 rings (SSSR count). The van der Waals surface area contributed by atoms with E-state index in [1.54, 1.807) is 17.0 Å². The van der Waals surface area contributed by atoms with E-state index in [9.17, 15) is 19.5 Å². The average molecular weight is 645 g/mol. The number of carbonyl (C=O) groups is 3. The normalized spacial score (nSPS) is 21.8. The van der Waals surface area contributed by atoms with Crippen LogP contribution in [-0.2, 0) is 22.4 Å². The number of phenols is 1. The molecule has 2 aromatic rings. The van der Waals surface area contributed by atoms with Crippen LogP contribution >= 0.6 is 0 Å². The third-order valence-electron chi connectivity index (χ3n) is 10.7. The number of benzene rings is 2. The molecule has 1 atom stereocenters. The van der Waals surface area contributed by atoms with Gasteiger partial charge >= 0.3 is 12.1 Å². The smallest absolute Gasteiger partial charge is 0.410 e. The molecule has 4 aliphatic rings. The van der Waals surface area contributed by atoms with Gasteiger partial charge in [-0.2, -0.15) is 0 Å². The molecule has 0 aromatic heterocycles. The van der Waals surface area contributed by atoms with Crippen LogP contribution in [0.4, 0.5) is 15.3 Å². The van der Waals surface area contributed by atoms with Gasteiger partial charge in [0.15, 0.2) is 6.10 Å². The molecule has 3 fully saturated rings. The predicted octanol–water partition coefficient (Wildman–Crippen LogP) is 2.06. The third-order valence-corrected chi connectivity index (χ3v) is 10.7. The van der Waals surface area contributed by atoms with E-state index in [4.69, 9.17) is 10.5 Å². The Bertz CT molecular complexity index is 1450. The fraction of sp³-hybridized carbons (Fsp3) is 0.571. The van der Waals surface area contributed by atoms with Crippen molar-refractivity contribution in [3.8, 4) is 5.75 Å². The maximum Gasteiger partial charge on any atom is 0.410 e. The monoisotopic (exact) mass is 644 g/mol. The summed E-state index contributed by atoms with van der Waals surface area (Å²) < 4.78 is 6.03. The molecular weight excluding hydrogens is 595 g/mol. The van der Waals surface area contributed by atoms with Crippen molar-refractivity contribution < 1.29 is 24.2 Å². The van der Waals surface area contributed by atoms with Crippen molar-refractivity contribution >= 4 is 37.0 Å². The Hall–Kier alpha value is -3.77. The zero-order valence-electron chi connectivity index (χ0n) is 27.8. The van der Waals surface area contributed by atoms with E-state index in [-0.39, 0.29) is 35.7 Å². The highest BCUT2D eigenvalue weighted by atomic mass is 16.6. The number of fused-ring (bicyclic) bond motifs is 1. The van der Waals surface area contributed by atoms with Crippen LogP contribution in [0.25, 0.3) is 0 Å². The number of amides is 4. The summed E-state index contributed by atoms with van der Waals surface area (Å²) in [4.78, 5) is 48.5.